The predicted octanol–water partition coefficient (Wildman–Crippen LogP) is 0.335. The highest BCUT2D eigenvalue weighted by molar-refractivity contribution is 5.94. The molecule has 1 fully saturated rings. The van der Waals surface area contributed by atoms with Crippen LogP contribution in [0.3, 0.4) is 0 Å². The molecule has 2 aromatic heterocycles. The average molecular weight is 456 g/mol. The standard InChI is InChI=1S/C22H29N7O4/c1-22(32)9-15(30)10-28(21(31)14-4-2-5-16(8-14)33-7-3-6-23)11-17(22)29-13-27-18-19(24)25-12-26-20(18)29/h2,4-5,8,12-13,15,17,30,32H,3,6-7,9-11,23H2,1H3,(H2,24,25,26)/t15-,17+,22+/m0/s1. The lowest BCUT2D eigenvalue weighted by Crippen LogP contribution is -2.42. The molecule has 1 aromatic carbocycles. The van der Waals surface area contributed by atoms with Crippen molar-refractivity contribution in [1.82, 2.24) is 24.4 Å². The number of ether oxygens (including phenoxy) is 1. The molecule has 1 aliphatic heterocycles. The second-order valence-electron chi connectivity index (χ2n) is 8.54. The monoisotopic (exact) mass is 455 g/mol. The first-order chi connectivity index (χ1) is 15.8. The van der Waals surface area contributed by atoms with Crippen LogP contribution in [0.1, 0.15) is 36.2 Å². The van der Waals surface area contributed by atoms with Gasteiger partial charge in [-0.15, -0.1) is 0 Å². The molecule has 0 aliphatic carbocycles. The summed E-state index contributed by atoms with van der Waals surface area (Å²) < 4.78 is 7.36. The summed E-state index contributed by atoms with van der Waals surface area (Å²) in [6, 6.07) is 6.27. The zero-order valence-corrected chi connectivity index (χ0v) is 18.5. The molecular formula is C22H29N7O4. The van der Waals surface area contributed by atoms with Crippen molar-refractivity contribution in [2.75, 3.05) is 32.0 Å². The first kappa shape index (κ1) is 22.9. The van der Waals surface area contributed by atoms with Crippen LogP contribution in [-0.4, -0.2) is 78.5 Å². The Labute approximate surface area is 191 Å². The molecule has 0 unspecified atom stereocenters. The van der Waals surface area contributed by atoms with Gasteiger partial charge in [-0.1, -0.05) is 6.07 Å². The highest BCUT2D eigenvalue weighted by Gasteiger charge is 2.42. The summed E-state index contributed by atoms with van der Waals surface area (Å²) in [4.78, 5) is 27.5. The average Bonchev–Trinajstić information content (AvgIpc) is 3.16. The summed E-state index contributed by atoms with van der Waals surface area (Å²) >= 11 is 0. The molecule has 3 aromatic rings. The van der Waals surface area contributed by atoms with Gasteiger partial charge in [0.25, 0.3) is 5.91 Å². The summed E-state index contributed by atoms with van der Waals surface area (Å²) in [5.41, 5.74) is 11.4. The molecule has 0 radical (unpaired) electrons. The number of anilines is 1. The molecule has 0 spiro atoms. The molecular weight excluding hydrogens is 426 g/mol. The molecule has 0 bridgehead atoms. The Balaban J connectivity index is 1.65. The lowest BCUT2D eigenvalue weighted by Gasteiger charge is -2.34. The van der Waals surface area contributed by atoms with E-state index in [-0.39, 0.29) is 31.2 Å². The number of hydrogen-bond donors (Lipinski definition) is 4. The number of hydrogen-bond acceptors (Lipinski definition) is 9. The number of β-amino-alcohol motifs (C(OH)–C–C–N with tert-alkyl or cyclic N) is 1. The number of amides is 1. The van der Waals surface area contributed by atoms with Crippen molar-refractivity contribution in [1.29, 1.82) is 0 Å². The number of carbonyl (C=O) groups is 1. The normalized spacial score (nSPS) is 23.5. The Kier molecular flexibility index (Phi) is 6.45. The Hall–Kier alpha value is -3.28. The van der Waals surface area contributed by atoms with Gasteiger partial charge in [0.1, 0.15) is 17.6 Å². The van der Waals surface area contributed by atoms with E-state index in [2.05, 4.69) is 15.0 Å². The summed E-state index contributed by atoms with van der Waals surface area (Å²) in [5.74, 6) is 0.520. The van der Waals surface area contributed by atoms with Gasteiger partial charge < -0.3 is 35.9 Å². The number of aliphatic hydroxyl groups is 2. The van der Waals surface area contributed by atoms with Crippen molar-refractivity contribution in [2.24, 2.45) is 5.73 Å². The van der Waals surface area contributed by atoms with Crippen LogP contribution in [0.15, 0.2) is 36.9 Å². The molecule has 3 heterocycles. The topological polar surface area (TPSA) is 166 Å². The van der Waals surface area contributed by atoms with Gasteiger partial charge in [-0.2, -0.15) is 0 Å². The molecule has 1 saturated heterocycles. The van der Waals surface area contributed by atoms with E-state index in [0.717, 1.165) is 0 Å². The number of nitrogen functional groups attached to an aromatic ring is 1. The number of likely N-dealkylation sites (tertiary alicyclic amines) is 1. The fourth-order valence-corrected chi connectivity index (χ4v) is 4.24. The van der Waals surface area contributed by atoms with Crippen molar-refractivity contribution in [3.63, 3.8) is 0 Å². The van der Waals surface area contributed by atoms with Gasteiger partial charge in [-0.25, -0.2) is 15.0 Å². The third-order valence-electron chi connectivity index (χ3n) is 5.90. The number of benzene rings is 1. The lowest BCUT2D eigenvalue weighted by atomic mass is 9.91. The summed E-state index contributed by atoms with van der Waals surface area (Å²) in [7, 11) is 0. The zero-order valence-electron chi connectivity index (χ0n) is 18.5. The quantitative estimate of drug-likeness (QED) is 0.383. The molecule has 1 amide bonds. The van der Waals surface area contributed by atoms with E-state index in [4.69, 9.17) is 16.2 Å². The Morgan fingerprint density at radius 2 is 2.12 bits per heavy atom. The first-order valence-corrected chi connectivity index (χ1v) is 10.9. The van der Waals surface area contributed by atoms with Crippen molar-refractivity contribution in [3.05, 3.63) is 42.5 Å². The maximum Gasteiger partial charge on any atom is 0.254 e. The van der Waals surface area contributed by atoms with Crippen molar-refractivity contribution in [2.45, 2.75) is 37.5 Å². The van der Waals surface area contributed by atoms with Crippen LogP contribution in [0.25, 0.3) is 11.2 Å². The fraction of sp³-hybridized carbons (Fsp3) is 0.455. The Morgan fingerprint density at radius 3 is 2.91 bits per heavy atom. The minimum atomic E-state index is -1.34. The first-order valence-electron chi connectivity index (χ1n) is 10.9. The molecule has 6 N–H and O–H groups in total. The van der Waals surface area contributed by atoms with Gasteiger partial charge >= 0.3 is 0 Å². The second-order valence-corrected chi connectivity index (χ2v) is 8.54. The molecule has 1 aliphatic rings. The Bertz CT molecular complexity index is 1130. The largest absolute Gasteiger partial charge is 0.494 e. The van der Waals surface area contributed by atoms with Crippen LogP contribution < -0.4 is 16.2 Å². The summed E-state index contributed by atoms with van der Waals surface area (Å²) in [6.45, 7) is 2.83. The van der Waals surface area contributed by atoms with Crippen LogP contribution in [0, 0.1) is 0 Å². The van der Waals surface area contributed by atoms with Crippen molar-refractivity contribution < 1.29 is 19.7 Å². The van der Waals surface area contributed by atoms with Crippen LogP contribution >= 0.6 is 0 Å². The van der Waals surface area contributed by atoms with Crippen LogP contribution in [0.4, 0.5) is 5.82 Å². The smallest absolute Gasteiger partial charge is 0.254 e. The molecule has 4 rings (SSSR count). The maximum atomic E-state index is 13.4. The van der Waals surface area contributed by atoms with Gasteiger partial charge in [-0.05, 0) is 38.1 Å². The van der Waals surface area contributed by atoms with E-state index < -0.39 is 17.7 Å². The summed E-state index contributed by atoms with van der Waals surface area (Å²) in [5, 5.41) is 21.9. The van der Waals surface area contributed by atoms with E-state index >= 15 is 0 Å². The third-order valence-corrected chi connectivity index (χ3v) is 5.90. The van der Waals surface area contributed by atoms with Crippen LogP contribution in [0.5, 0.6) is 5.75 Å². The molecule has 176 valence electrons. The predicted molar refractivity (Wildman–Crippen MR) is 122 cm³/mol. The number of nitrogens with two attached hydrogens (primary N) is 2. The van der Waals surface area contributed by atoms with Crippen LogP contribution in [-0.2, 0) is 0 Å². The number of rotatable bonds is 6. The number of carbonyl (C=O) groups excluding carboxylic acids is 1. The van der Waals surface area contributed by atoms with Gasteiger partial charge in [0.2, 0.25) is 0 Å². The van der Waals surface area contributed by atoms with Gasteiger partial charge in [0, 0.05) is 25.1 Å². The zero-order chi connectivity index (χ0) is 23.6. The van der Waals surface area contributed by atoms with E-state index in [0.29, 0.717) is 42.0 Å². The second kappa shape index (κ2) is 9.30. The van der Waals surface area contributed by atoms with Gasteiger partial charge in [0.05, 0.1) is 30.7 Å². The van der Waals surface area contributed by atoms with E-state index in [1.54, 1.807) is 35.8 Å². The molecule has 33 heavy (non-hydrogen) atoms. The maximum absolute atomic E-state index is 13.4. The highest BCUT2D eigenvalue weighted by atomic mass is 16.5. The third kappa shape index (κ3) is 4.75. The van der Waals surface area contributed by atoms with E-state index in [1.165, 1.54) is 17.6 Å². The summed E-state index contributed by atoms with van der Waals surface area (Å²) in [6.07, 6.45) is 2.73. The number of imidazole rings is 1. The van der Waals surface area contributed by atoms with Gasteiger partial charge in [0.15, 0.2) is 11.5 Å². The molecule has 0 saturated carbocycles. The minimum Gasteiger partial charge on any atom is -0.494 e. The van der Waals surface area contributed by atoms with E-state index in [1.807, 2.05) is 0 Å². The number of aromatic nitrogens is 4. The number of aliphatic hydroxyl groups excluding tert-OH is 1. The van der Waals surface area contributed by atoms with Crippen LogP contribution in [0.2, 0.25) is 0 Å². The number of nitrogens with zero attached hydrogens (tertiary/aromatic N) is 5. The van der Waals surface area contributed by atoms with Crippen molar-refractivity contribution >= 4 is 22.9 Å². The molecule has 11 heteroatoms. The fourth-order valence-electron chi connectivity index (χ4n) is 4.24. The highest BCUT2D eigenvalue weighted by Crippen LogP contribution is 2.34. The lowest BCUT2D eigenvalue weighted by molar-refractivity contribution is -0.0217. The molecule has 11 nitrogen and oxygen atoms in total. The van der Waals surface area contributed by atoms with Crippen molar-refractivity contribution in [3.8, 4) is 5.75 Å². The van der Waals surface area contributed by atoms with E-state index in [9.17, 15) is 15.0 Å². The number of fused-ring (bicyclic) bond motifs is 1. The molecule has 3 atom stereocenters. The van der Waals surface area contributed by atoms with Gasteiger partial charge in [-0.3, -0.25) is 4.79 Å². The SMILES string of the molecule is C[C@@]1(O)C[C@H](O)CN(C(=O)c2cccc(OCCCN)c2)C[C@H]1n1cnc2c(N)ncnc21. The Morgan fingerprint density at radius 1 is 1.30 bits per heavy atom. The minimum absolute atomic E-state index is 0.0733.